The first kappa shape index (κ1) is 11.9. The lowest BCUT2D eigenvalue weighted by Crippen LogP contribution is -2.05. The molecule has 0 aromatic carbocycles. The van der Waals surface area contributed by atoms with E-state index in [9.17, 15) is 4.79 Å². The monoisotopic (exact) mass is 248 g/mol. The number of rotatable bonds is 4. The van der Waals surface area contributed by atoms with Crippen molar-refractivity contribution in [2.45, 2.75) is 13.5 Å². The Hall–Kier alpha value is -2.57. The third-order valence-electron chi connectivity index (χ3n) is 2.33. The molecule has 0 bridgehead atoms. The number of carboxylic acid groups (broad SMARTS) is 1. The molecule has 0 spiro atoms. The van der Waals surface area contributed by atoms with Gasteiger partial charge in [0.2, 0.25) is 5.88 Å². The maximum Gasteiger partial charge on any atom is 0.338 e. The fraction of sp³-hybridized carbons (Fsp3) is 0.182. The van der Waals surface area contributed by atoms with Crippen molar-refractivity contribution in [2.24, 2.45) is 0 Å². The predicted molar refractivity (Wildman–Crippen MR) is 63.6 cm³/mol. The molecule has 18 heavy (non-hydrogen) atoms. The summed E-state index contributed by atoms with van der Waals surface area (Å²) >= 11 is 0. The quantitative estimate of drug-likeness (QED) is 0.846. The van der Waals surface area contributed by atoms with Crippen LogP contribution in [-0.2, 0) is 6.54 Å². The highest BCUT2D eigenvalue weighted by atomic mass is 16.5. The average Bonchev–Trinajstić information content (AvgIpc) is 2.79. The fourth-order valence-corrected chi connectivity index (χ4v) is 1.40. The molecule has 2 heterocycles. The topological polar surface area (TPSA) is 103 Å². The third-order valence-corrected chi connectivity index (χ3v) is 2.33. The van der Waals surface area contributed by atoms with Gasteiger partial charge in [-0.15, -0.1) is 0 Å². The number of aryl methyl sites for hydroxylation is 1. The van der Waals surface area contributed by atoms with E-state index < -0.39 is 5.97 Å². The Morgan fingerprint density at radius 2 is 2.39 bits per heavy atom. The Labute approximate surface area is 103 Å². The molecule has 0 aliphatic rings. The Balaban J connectivity index is 2.29. The SMILES string of the molecule is CCn1cc(Oc2nccc(C(=O)O)c2N)cn1. The molecule has 7 nitrogen and oxygen atoms in total. The van der Waals surface area contributed by atoms with Crippen molar-refractivity contribution < 1.29 is 14.6 Å². The maximum absolute atomic E-state index is 10.9. The van der Waals surface area contributed by atoms with Gasteiger partial charge in [0.05, 0.1) is 18.0 Å². The van der Waals surface area contributed by atoms with Gasteiger partial charge in [0.25, 0.3) is 0 Å². The van der Waals surface area contributed by atoms with Gasteiger partial charge in [-0.1, -0.05) is 0 Å². The van der Waals surface area contributed by atoms with Crippen LogP contribution in [0.5, 0.6) is 11.6 Å². The first-order valence-electron chi connectivity index (χ1n) is 5.30. The Morgan fingerprint density at radius 1 is 1.61 bits per heavy atom. The second-order valence-electron chi connectivity index (χ2n) is 3.52. The molecule has 0 saturated carbocycles. The highest BCUT2D eigenvalue weighted by molar-refractivity contribution is 5.94. The van der Waals surface area contributed by atoms with Crippen molar-refractivity contribution >= 4 is 11.7 Å². The zero-order chi connectivity index (χ0) is 13.1. The van der Waals surface area contributed by atoms with E-state index in [0.29, 0.717) is 12.3 Å². The van der Waals surface area contributed by atoms with Gasteiger partial charge in [-0.3, -0.25) is 4.68 Å². The predicted octanol–water partition coefficient (Wildman–Crippen LogP) is 1.37. The summed E-state index contributed by atoms with van der Waals surface area (Å²) in [6.07, 6.45) is 4.52. The summed E-state index contributed by atoms with van der Waals surface area (Å²) in [6, 6.07) is 1.32. The first-order valence-corrected chi connectivity index (χ1v) is 5.30. The lowest BCUT2D eigenvalue weighted by Gasteiger charge is -2.06. The summed E-state index contributed by atoms with van der Waals surface area (Å²) in [7, 11) is 0. The van der Waals surface area contributed by atoms with Gasteiger partial charge >= 0.3 is 5.97 Å². The Morgan fingerprint density at radius 3 is 3.00 bits per heavy atom. The Bertz CT molecular complexity index is 579. The summed E-state index contributed by atoms with van der Waals surface area (Å²) in [5.41, 5.74) is 5.63. The number of nitrogens with two attached hydrogens (primary N) is 1. The molecule has 0 aliphatic heterocycles. The van der Waals surface area contributed by atoms with Crippen LogP contribution in [0, 0.1) is 0 Å². The minimum absolute atomic E-state index is 0.00533. The number of pyridine rings is 1. The third kappa shape index (κ3) is 2.24. The van der Waals surface area contributed by atoms with E-state index in [1.165, 1.54) is 18.5 Å². The molecule has 2 aromatic rings. The molecule has 0 unspecified atom stereocenters. The van der Waals surface area contributed by atoms with Crippen LogP contribution < -0.4 is 10.5 Å². The first-order chi connectivity index (χ1) is 8.61. The maximum atomic E-state index is 10.9. The lowest BCUT2D eigenvalue weighted by atomic mass is 10.2. The van der Waals surface area contributed by atoms with E-state index >= 15 is 0 Å². The van der Waals surface area contributed by atoms with E-state index in [-0.39, 0.29) is 17.1 Å². The van der Waals surface area contributed by atoms with Crippen LogP contribution >= 0.6 is 0 Å². The van der Waals surface area contributed by atoms with Crippen LogP contribution in [-0.4, -0.2) is 25.8 Å². The normalized spacial score (nSPS) is 10.3. The van der Waals surface area contributed by atoms with Crippen molar-refractivity contribution in [1.82, 2.24) is 14.8 Å². The standard InChI is InChI=1S/C11H12N4O3/c1-2-15-6-7(5-14-15)18-10-9(12)8(11(16)17)3-4-13-10/h3-6H,2,12H2,1H3,(H,16,17). The molecule has 0 aliphatic carbocycles. The van der Waals surface area contributed by atoms with E-state index in [1.807, 2.05) is 6.92 Å². The molecular weight excluding hydrogens is 236 g/mol. The molecule has 0 saturated heterocycles. The van der Waals surface area contributed by atoms with Crippen LogP contribution in [0.25, 0.3) is 0 Å². The number of nitrogen functional groups attached to an aromatic ring is 1. The highest BCUT2D eigenvalue weighted by Crippen LogP contribution is 2.27. The highest BCUT2D eigenvalue weighted by Gasteiger charge is 2.14. The number of aromatic nitrogens is 3. The van der Waals surface area contributed by atoms with Crippen LogP contribution in [0.1, 0.15) is 17.3 Å². The van der Waals surface area contributed by atoms with Gasteiger partial charge in [0.1, 0.15) is 5.69 Å². The number of nitrogens with zero attached hydrogens (tertiary/aromatic N) is 3. The largest absolute Gasteiger partial charge is 0.478 e. The number of carbonyl (C=O) groups is 1. The Kier molecular flexibility index (Phi) is 3.13. The zero-order valence-electron chi connectivity index (χ0n) is 9.70. The second-order valence-corrected chi connectivity index (χ2v) is 3.52. The molecule has 2 aromatic heterocycles. The van der Waals surface area contributed by atoms with Gasteiger partial charge in [0.15, 0.2) is 5.75 Å². The summed E-state index contributed by atoms with van der Waals surface area (Å²) in [6.45, 7) is 2.65. The van der Waals surface area contributed by atoms with Gasteiger partial charge in [-0.25, -0.2) is 9.78 Å². The van der Waals surface area contributed by atoms with Crippen molar-refractivity contribution in [3.8, 4) is 11.6 Å². The number of anilines is 1. The van der Waals surface area contributed by atoms with Gasteiger partial charge < -0.3 is 15.6 Å². The number of ether oxygens (including phenoxy) is 1. The molecular formula is C11H12N4O3. The van der Waals surface area contributed by atoms with E-state index in [4.69, 9.17) is 15.6 Å². The molecule has 3 N–H and O–H groups in total. The van der Waals surface area contributed by atoms with Crippen molar-refractivity contribution in [3.63, 3.8) is 0 Å². The summed E-state index contributed by atoms with van der Waals surface area (Å²) in [4.78, 5) is 14.8. The summed E-state index contributed by atoms with van der Waals surface area (Å²) in [5, 5.41) is 12.9. The van der Waals surface area contributed by atoms with Crippen LogP contribution in [0.4, 0.5) is 5.69 Å². The number of aromatic carboxylic acids is 1. The molecule has 7 heteroatoms. The molecule has 0 amide bonds. The molecule has 0 radical (unpaired) electrons. The molecule has 0 atom stereocenters. The van der Waals surface area contributed by atoms with Gasteiger partial charge in [-0.05, 0) is 13.0 Å². The average molecular weight is 248 g/mol. The zero-order valence-corrected chi connectivity index (χ0v) is 9.70. The molecule has 0 fully saturated rings. The van der Waals surface area contributed by atoms with E-state index in [0.717, 1.165) is 0 Å². The molecule has 2 rings (SSSR count). The van der Waals surface area contributed by atoms with Crippen LogP contribution in [0.2, 0.25) is 0 Å². The van der Waals surface area contributed by atoms with Crippen LogP contribution in [0.3, 0.4) is 0 Å². The number of hydrogen-bond donors (Lipinski definition) is 2. The fourth-order valence-electron chi connectivity index (χ4n) is 1.40. The lowest BCUT2D eigenvalue weighted by molar-refractivity contribution is 0.0697. The minimum atomic E-state index is -1.12. The van der Waals surface area contributed by atoms with Crippen LogP contribution in [0.15, 0.2) is 24.7 Å². The summed E-state index contributed by atoms with van der Waals surface area (Å²) < 4.78 is 7.07. The minimum Gasteiger partial charge on any atom is -0.478 e. The van der Waals surface area contributed by atoms with E-state index in [2.05, 4.69) is 10.1 Å². The summed E-state index contributed by atoms with van der Waals surface area (Å²) in [5.74, 6) is -0.604. The number of hydrogen-bond acceptors (Lipinski definition) is 5. The molecule has 94 valence electrons. The van der Waals surface area contributed by atoms with Crippen molar-refractivity contribution in [3.05, 3.63) is 30.2 Å². The van der Waals surface area contributed by atoms with Crippen molar-refractivity contribution in [1.29, 1.82) is 0 Å². The van der Waals surface area contributed by atoms with Gasteiger partial charge in [-0.2, -0.15) is 5.10 Å². The smallest absolute Gasteiger partial charge is 0.338 e. The van der Waals surface area contributed by atoms with E-state index in [1.54, 1.807) is 10.9 Å². The second kappa shape index (κ2) is 4.74. The van der Waals surface area contributed by atoms with Gasteiger partial charge in [0, 0.05) is 12.7 Å². The number of carboxylic acids is 1. The van der Waals surface area contributed by atoms with Crippen molar-refractivity contribution in [2.75, 3.05) is 5.73 Å².